The molecule has 0 heterocycles. The maximum atomic E-state index is 13.2. The van der Waals surface area contributed by atoms with Gasteiger partial charge in [0.05, 0.1) is 0 Å². The third-order valence-corrected chi connectivity index (χ3v) is 6.38. The SMILES string of the molecule is CC[C@H](C(=O)NC(C)C)N(Cc1ccc(Cl)cc1Cl)C(=O)CCSc1ccc(C)cc1. The van der Waals surface area contributed by atoms with Crippen LogP contribution in [0, 0.1) is 6.92 Å². The topological polar surface area (TPSA) is 49.4 Å². The molecular formula is C24H30Cl2N2O2S. The second kappa shape index (κ2) is 12.4. The summed E-state index contributed by atoms with van der Waals surface area (Å²) >= 11 is 14.0. The zero-order valence-corrected chi connectivity index (χ0v) is 20.8. The molecule has 0 saturated heterocycles. The number of nitrogens with one attached hydrogen (secondary N) is 1. The van der Waals surface area contributed by atoms with Crippen molar-refractivity contribution in [2.75, 3.05) is 5.75 Å². The second-order valence-corrected chi connectivity index (χ2v) is 9.77. The number of amides is 2. The van der Waals surface area contributed by atoms with Crippen molar-refractivity contribution >= 4 is 46.8 Å². The smallest absolute Gasteiger partial charge is 0.243 e. The van der Waals surface area contributed by atoms with E-state index >= 15 is 0 Å². The van der Waals surface area contributed by atoms with Gasteiger partial charge in [-0.1, -0.05) is 53.9 Å². The van der Waals surface area contributed by atoms with E-state index in [0.29, 0.717) is 28.6 Å². The molecule has 0 aromatic heterocycles. The van der Waals surface area contributed by atoms with Crippen LogP contribution in [0.5, 0.6) is 0 Å². The number of halogens is 2. The highest BCUT2D eigenvalue weighted by Gasteiger charge is 2.29. The van der Waals surface area contributed by atoms with Gasteiger partial charge in [-0.05, 0) is 57.0 Å². The van der Waals surface area contributed by atoms with Crippen molar-refractivity contribution in [3.63, 3.8) is 0 Å². The maximum absolute atomic E-state index is 13.2. The summed E-state index contributed by atoms with van der Waals surface area (Å²) in [5.41, 5.74) is 1.97. The summed E-state index contributed by atoms with van der Waals surface area (Å²) in [6.45, 7) is 8.03. The molecule has 0 fully saturated rings. The minimum Gasteiger partial charge on any atom is -0.352 e. The Balaban J connectivity index is 2.16. The molecule has 2 amide bonds. The molecule has 0 aliphatic carbocycles. The zero-order chi connectivity index (χ0) is 23.0. The van der Waals surface area contributed by atoms with Crippen LogP contribution in [-0.2, 0) is 16.1 Å². The van der Waals surface area contributed by atoms with Gasteiger partial charge in [-0.15, -0.1) is 11.8 Å². The third-order valence-electron chi connectivity index (χ3n) is 4.78. The molecule has 0 aliphatic heterocycles. The first-order valence-corrected chi connectivity index (χ1v) is 12.2. The molecule has 2 aromatic carbocycles. The lowest BCUT2D eigenvalue weighted by Gasteiger charge is -2.31. The first-order chi connectivity index (χ1) is 14.7. The average molecular weight is 481 g/mol. The van der Waals surface area contributed by atoms with Crippen molar-refractivity contribution in [3.8, 4) is 0 Å². The molecular weight excluding hydrogens is 451 g/mol. The first kappa shape index (κ1) is 25.6. The van der Waals surface area contributed by atoms with Crippen LogP contribution in [0.25, 0.3) is 0 Å². The van der Waals surface area contributed by atoms with Gasteiger partial charge in [0.15, 0.2) is 0 Å². The van der Waals surface area contributed by atoms with Crippen molar-refractivity contribution in [1.29, 1.82) is 0 Å². The third kappa shape index (κ3) is 8.06. The lowest BCUT2D eigenvalue weighted by molar-refractivity contribution is -0.141. The van der Waals surface area contributed by atoms with Crippen LogP contribution in [0.15, 0.2) is 47.4 Å². The Morgan fingerprint density at radius 1 is 1.10 bits per heavy atom. The number of carbonyl (C=O) groups is 2. The van der Waals surface area contributed by atoms with Crippen molar-refractivity contribution in [2.45, 2.75) is 64.1 Å². The lowest BCUT2D eigenvalue weighted by Crippen LogP contribution is -2.50. The Hall–Kier alpha value is -1.69. The van der Waals surface area contributed by atoms with Gasteiger partial charge >= 0.3 is 0 Å². The molecule has 2 aromatic rings. The fourth-order valence-electron chi connectivity index (χ4n) is 3.17. The van der Waals surface area contributed by atoms with E-state index in [0.717, 1.165) is 10.5 Å². The molecule has 2 rings (SSSR count). The van der Waals surface area contributed by atoms with Crippen LogP contribution in [0.3, 0.4) is 0 Å². The number of benzene rings is 2. The van der Waals surface area contributed by atoms with Gasteiger partial charge in [0, 0.05) is 39.7 Å². The number of rotatable bonds is 10. The summed E-state index contributed by atoms with van der Waals surface area (Å²) in [7, 11) is 0. The minimum atomic E-state index is -0.564. The first-order valence-electron chi connectivity index (χ1n) is 10.4. The van der Waals surface area contributed by atoms with Crippen molar-refractivity contribution < 1.29 is 9.59 Å². The molecule has 4 nitrogen and oxygen atoms in total. The number of hydrogen-bond acceptors (Lipinski definition) is 3. The summed E-state index contributed by atoms with van der Waals surface area (Å²) in [6.07, 6.45) is 0.843. The molecule has 0 spiro atoms. The molecule has 0 unspecified atom stereocenters. The number of thioether (sulfide) groups is 1. The number of hydrogen-bond donors (Lipinski definition) is 1. The van der Waals surface area contributed by atoms with Crippen molar-refractivity contribution in [2.24, 2.45) is 0 Å². The Bertz CT molecular complexity index is 888. The van der Waals surface area contributed by atoms with Gasteiger partial charge in [0.2, 0.25) is 11.8 Å². The molecule has 31 heavy (non-hydrogen) atoms. The minimum absolute atomic E-state index is 0.00489. The quantitative estimate of drug-likeness (QED) is 0.416. The zero-order valence-electron chi connectivity index (χ0n) is 18.5. The number of aryl methyl sites for hydroxylation is 1. The molecule has 0 radical (unpaired) electrons. The lowest BCUT2D eigenvalue weighted by atomic mass is 10.1. The average Bonchev–Trinajstić information content (AvgIpc) is 2.70. The predicted molar refractivity (Wildman–Crippen MR) is 131 cm³/mol. The highest BCUT2D eigenvalue weighted by molar-refractivity contribution is 7.99. The molecule has 7 heteroatoms. The fraction of sp³-hybridized carbons (Fsp3) is 0.417. The van der Waals surface area contributed by atoms with Gasteiger partial charge in [-0.3, -0.25) is 9.59 Å². The maximum Gasteiger partial charge on any atom is 0.243 e. The van der Waals surface area contributed by atoms with Crippen molar-refractivity contribution in [3.05, 3.63) is 63.6 Å². The largest absolute Gasteiger partial charge is 0.352 e. The standard InChI is InChI=1S/C24H30Cl2N2O2S/c1-5-22(24(30)27-16(2)3)28(15-18-8-9-19(25)14-21(18)26)23(29)12-13-31-20-10-6-17(4)7-11-20/h6-11,14,16,22H,5,12-13,15H2,1-4H3,(H,27,30)/t22-/m1/s1. The van der Waals surface area contributed by atoms with Crippen LogP contribution >= 0.6 is 35.0 Å². The van der Waals surface area contributed by atoms with E-state index in [1.807, 2.05) is 27.7 Å². The van der Waals surface area contributed by atoms with Crippen LogP contribution in [0.4, 0.5) is 0 Å². The van der Waals surface area contributed by atoms with Gasteiger partial charge in [-0.25, -0.2) is 0 Å². The van der Waals surface area contributed by atoms with Gasteiger partial charge in [0.1, 0.15) is 6.04 Å². The summed E-state index contributed by atoms with van der Waals surface area (Å²) in [5, 5.41) is 3.95. The van der Waals surface area contributed by atoms with Gasteiger partial charge < -0.3 is 10.2 Å². The van der Waals surface area contributed by atoms with Crippen LogP contribution in [-0.4, -0.2) is 34.6 Å². The van der Waals surface area contributed by atoms with E-state index in [4.69, 9.17) is 23.2 Å². The highest BCUT2D eigenvalue weighted by atomic mass is 35.5. The highest BCUT2D eigenvalue weighted by Crippen LogP contribution is 2.25. The van der Waals surface area contributed by atoms with E-state index < -0.39 is 6.04 Å². The summed E-state index contributed by atoms with van der Waals surface area (Å²) in [4.78, 5) is 28.8. The van der Waals surface area contributed by atoms with Crippen LogP contribution in [0.2, 0.25) is 10.0 Å². The normalized spacial score (nSPS) is 12.0. The molecule has 1 N–H and O–H groups in total. The van der Waals surface area contributed by atoms with E-state index in [9.17, 15) is 9.59 Å². The van der Waals surface area contributed by atoms with E-state index in [-0.39, 0.29) is 24.4 Å². The predicted octanol–water partition coefficient (Wildman–Crippen LogP) is 6.12. The fourth-order valence-corrected chi connectivity index (χ4v) is 4.48. The monoisotopic (exact) mass is 480 g/mol. The Kier molecular flexibility index (Phi) is 10.2. The van der Waals surface area contributed by atoms with E-state index in [1.165, 1.54) is 5.56 Å². The second-order valence-electron chi connectivity index (χ2n) is 7.76. The Morgan fingerprint density at radius 3 is 2.35 bits per heavy atom. The molecule has 0 bridgehead atoms. The van der Waals surface area contributed by atoms with Gasteiger partial charge in [-0.2, -0.15) is 0 Å². The molecule has 0 saturated carbocycles. The molecule has 1 atom stereocenters. The number of carbonyl (C=O) groups excluding carboxylic acids is 2. The summed E-state index contributed by atoms with van der Waals surface area (Å²) in [6, 6.07) is 12.9. The molecule has 168 valence electrons. The van der Waals surface area contributed by atoms with Gasteiger partial charge in [0.25, 0.3) is 0 Å². The van der Waals surface area contributed by atoms with Crippen LogP contribution in [0.1, 0.15) is 44.7 Å². The number of nitrogens with zero attached hydrogens (tertiary/aromatic N) is 1. The van der Waals surface area contributed by atoms with E-state index in [2.05, 4.69) is 29.6 Å². The van der Waals surface area contributed by atoms with Crippen molar-refractivity contribution in [1.82, 2.24) is 10.2 Å². The van der Waals surface area contributed by atoms with Crippen LogP contribution < -0.4 is 5.32 Å². The Morgan fingerprint density at radius 2 is 1.77 bits per heavy atom. The Labute approximate surface area is 199 Å². The summed E-state index contributed by atoms with van der Waals surface area (Å²) < 4.78 is 0. The van der Waals surface area contributed by atoms with E-state index in [1.54, 1.807) is 34.9 Å². The molecule has 0 aliphatic rings. The summed E-state index contributed by atoms with van der Waals surface area (Å²) in [5.74, 6) is 0.410.